The van der Waals surface area contributed by atoms with Gasteiger partial charge in [-0.2, -0.15) is 0 Å². The lowest BCUT2D eigenvalue weighted by molar-refractivity contribution is 0.619. The van der Waals surface area contributed by atoms with E-state index in [1.807, 2.05) is 6.07 Å². The third-order valence-corrected chi connectivity index (χ3v) is 6.55. The molecule has 0 amide bonds. The topological polar surface area (TPSA) is 31.0 Å². The minimum absolute atomic E-state index is 0.519. The Labute approximate surface area is 186 Å². The highest BCUT2D eigenvalue weighted by atomic mass is 16.3. The molecule has 0 N–H and O–H groups in total. The van der Waals surface area contributed by atoms with Crippen LogP contribution in [0.2, 0.25) is 0 Å². The van der Waals surface area contributed by atoms with E-state index in [0.29, 0.717) is 11.8 Å². The molecule has 6 rings (SSSR count). The maximum absolute atomic E-state index is 6.08. The first-order valence-corrected chi connectivity index (χ1v) is 11.2. The minimum Gasteiger partial charge on any atom is -0.436 e. The zero-order chi connectivity index (χ0) is 21.7. The smallest absolute Gasteiger partial charge is 0.227 e. The van der Waals surface area contributed by atoms with Gasteiger partial charge in [-0.15, -0.1) is 0 Å². The standard InChI is InChI=1S/C29H24N2O/c1-3-19(2)21-14-17-28-25(18-21)30-29(32-28)20-12-15-22(16-13-20)31-26-10-6-4-8-23(26)24-9-5-7-11-27(24)31/h4-19H,3H2,1-2H3. The van der Waals surface area contributed by atoms with Crippen molar-refractivity contribution in [2.45, 2.75) is 26.2 Å². The van der Waals surface area contributed by atoms with E-state index in [-0.39, 0.29) is 0 Å². The van der Waals surface area contributed by atoms with E-state index in [2.05, 4.69) is 103 Å². The molecule has 4 aromatic carbocycles. The van der Waals surface area contributed by atoms with Crippen LogP contribution in [0.3, 0.4) is 0 Å². The number of rotatable bonds is 4. The molecule has 3 nitrogen and oxygen atoms in total. The van der Waals surface area contributed by atoms with Crippen molar-refractivity contribution in [3.8, 4) is 17.1 Å². The van der Waals surface area contributed by atoms with Crippen LogP contribution >= 0.6 is 0 Å². The quantitative estimate of drug-likeness (QED) is 0.291. The Balaban J connectivity index is 1.43. The number of benzene rings is 4. The Morgan fingerprint density at radius 2 is 1.47 bits per heavy atom. The Morgan fingerprint density at radius 3 is 2.12 bits per heavy atom. The number of aromatic nitrogens is 2. The summed E-state index contributed by atoms with van der Waals surface area (Å²) < 4.78 is 8.39. The van der Waals surface area contributed by atoms with Gasteiger partial charge in [0.05, 0.1) is 11.0 Å². The van der Waals surface area contributed by atoms with E-state index in [4.69, 9.17) is 9.40 Å². The van der Waals surface area contributed by atoms with Crippen LogP contribution in [0.1, 0.15) is 31.7 Å². The van der Waals surface area contributed by atoms with Crippen LogP contribution in [-0.2, 0) is 0 Å². The highest BCUT2D eigenvalue weighted by Gasteiger charge is 2.13. The molecule has 0 fully saturated rings. The van der Waals surface area contributed by atoms with Crippen LogP contribution in [0.5, 0.6) is 0 Å². The molecular weight excluding hydrogens is 392 g/mol. The lowest BCUT2D eigenvalue weighted by Gasteiger charge is -2.08. The van der Waals surface area contributed by atoms with Crippen molar-refractivity contribution in [2.24, 2.45) is 0 Å². The lowest BCUT2D eigenvalue weighted by Crippen LogP contribution is -1.93. The van der Waals surface area contributed by atoms with Crippen molar-refractivity contribution < 1.29 is 4.42 Å². The summed E-state index contributed by atoms with van der Waals surface area (Å²) in [6.07, 6.45) is 1.11. The predicted octanol–water partition coefficient (Wildman–Crippen LogP) is 8.11. The second kappa shape index (κ2) is 7.38. The molecule has 0 aliphatic heterocycles. The van der Waals surface area contributed by atoms with E-state index < -0.39 is 0 Å². The van der Waals surface area contributed by atoms with Gasteiger partial charge in [-0.3, -0.25) is 0 Å². The normalized spacial score (nSPS) is 12.7. The highest BCUT2D eigenvalue weighted by molar-refractivity contribution is 6.09. The van der Waals surface area contributed by atoms with Gasteiger partial charge < -0.3 is 8.98 Å². The van der Waals surface area contributed by atoms with Crippen molar-refractivity contribution in [1.29, 1.82) is 0 Å². The summed E-state index contributed by atoms with van der Waals surface area (Å²) in [6, 6.07) is 32.0. The second-order valence-corrected chi connectivity index (χ2v) is 8.47. The van der Waals surface area contributed by atoms with Gasteiger partial charge in [0.2, 0.25) is 5.89 Å². The lowest BCUT2D eigenvalue weighted by atomic mass is 9.98. The number of fused-ring (bicyclic) bond motifs is 4. The fourth-order valence-corrected chi connectivity index (χ4v) is 4.56. The predicted molar refractivity (Wildman–Crippen MR) is 132 cm³/mol. The molecule has 0 bridgehead atoms. The number of nitrogens with zero attached hydrogens (tertiary/aromatic N) is 2. The fraction of sp³-hybridized carbons (Fsp3) is 0.138. The molecule has 0 spiro atoms. The van der Waals surface area contributed by atoms with Crippen LogP contribution in [0.4, 0.5) is 0 Å². The summed E-state index contributed by atoms with van der Waals surface area (Å²) in [4.78, 5) is 4.78. The average molecular weight is 417 g/mol. The largest absolute Gasteiger partial charge is 0.436 e. The van der Waals surface area contributed by atoms with Gasteiger partial charge in [-0.25, -0.2) is 4.98 Å². The minimum atomic E-state index is 0.519. The summed E-state index contributed by atoms with van der Waals surface area (Å²) in [7, 11) is 0. The van der Waals surface area contributed by atoms with E-state index in [1.54, 1.807) is 0 Å². The van der Waals surface area contributed by atoms with Crippen LogP contribution in [-0.4, -0.2) is 9.55 Å². The van der Waals surface area contributed by atoms with Crippen molar-refractivity contribution in [2.75, 3.05) is 0 Å². The van der Waals surface area contributed by atoms with Crippen LogP contribution in [0, 0.1) is 0 Å². The van der Waals surface area contributed by atoms with E-state index in [1.165, 1.54) is 27.4 Å². The van der Waals surface area contributed by atoms with Crippen molar-refractivity contribution >= 4 is 32.9 Å². The molecule has 1 unspecified atom stereocenters. The second-order valence-electron chi connectivity index (χ2n) is 8.47. The average Bonchev–Trinajstić information content (AvgIpc) is 3.42. The Hall–Kier alpha value is -3.85. The Morgan fingerprint density at radius 1 is 0.812 bits per heavy atom. The summed E-state index contributed by atoms with van der Waals surface area (Å²) in [5.41, 5.74) is 7.59. The SMILES string of the molecule is CCC(C)c1ccc2oc(-c3ccc(-n4c5ccccc5c5ccccc54)cc3)nc2c1. The molecule has 156 valence electrons. The van der Waals surface area contributed by atoms with Crippen LogP contribution < -0.4 is 0 Å². The van der Waals surface area contributed by atoms with Gasteiger partial charge in [-0.05, 0) is 66.4 Å². The maximum atomic E-state index is 6.08. The fourth-order valence-electron chi connectivity index (χ4n) is 4.56. The summed E-state index contributed by atoms with van der Waals surface area (Å²) >= 11 is 0. The maximum Gasteiger partial charge on any atom is 0.227 e. The van der Waals surface area contributed by atoms with Crippen molar-refractivity contribution in [3.05, 3.63) is 96.6 Å². The number of hydrogen-bond donors (Lipinski definition) is 0. The van der Waals surface area contributed by atoms with Gasteiger partial charge in [0, 0.05) is 22.0 Å². The number of para-hydroxylation sites is 2. The molecule has 0 radical (unpaired) electrons. The molecular formula is C29H24N2O. The zero-order valence-corrected chi connectivity index (χ0v) is 18.2. The highest BCUT2D eigenvalue weighted by Crippen LogP contribution is 2.33. The molecule has 32 heavy (non-hydrogen) atoms. The molecule has 3 heteroatoms. The van der Waals surface area contributed by atoms with Crippen molar-refractivity contribution in [3.63, 3.8) is 0 Å². The molecule has 0 saturated heterocycles. The first-order valence-electron chi connectivity index (χ1n) is 11.2. The van der Waals surface area contributed by atoms with E-state index >= 15 is 0 Å². The third-order valence-electron chi connectivity index (χ3n) is 6.55. The molecule has 0 aliphatic carbocycles. The molecule has 0 aliphatic rings. The molecule has 2 aromatic heterocycles. The molecule has 2 heterocycles. The van der Waals surface area contributed by atoms with Gasteiger partial charge in [0.15, 0.2) is 5.58 Å². The van der Waals surface area contributed by atoms with Crippen molar-refractivity contribution in [1.82, 2.24) is 9.55 Å². The molecule has 6 aromatic rings. The summed E-state index contributed by atoms with van der Waals surface area (Å²) in [5.74, 6) is 1.18. The van der Waals surface area contributed by atoms with E-state index in [0.717, 1.165) is 28.8 Å². The van der Waals surface area contributed by atoms with Gasteiger partial charge >= 0.3 is 0 Å². The Kier molecular flexibility index (Phi) is 4.36. The molecule has 1 atom stereocenters. The monoisotopic (exact) mass is 416 g/mol. The summed E-state index contributed by atoms with van der Waals surface area (Å²) in [5, 5.41) is 2.53. The zero-order valence-electron chi connectivity index (χ0n) is 18.2. The Bertz CT molecular complexity index is 1520. The van der Waals surface area contributed by atoms with Gasteiger partial charge in [0.1, 0.15) is 5.52 Å². The first-order chi connectivity index (χ1) is 15.7. The number of hydrogen-bond acceptors (Lipinski definition) is 2. The first kappa shape index (κ1) is 18.9. The summed E-state index contributed by atoms with van der Waals surface area (Å²) in [6.45, 7) is 4.46. The van der Waals surface area contributed by atoms with Crippen LogP contribution in [0.25, 0.3) is 50.0 Å². The van der Waals surface area contributed by atoms with E-state index in [9.17, 15) is 0 Å². The van der Waals surface area contributed by atoms with Gasteiger partial charge in [0.25, 0.3) is 0 Å². The third kappa shape index (κ3) is 2.93. The molecule has 0 saturated carbocycles. The van der Waals surface area contributed by atoms with Crippen LogP contribution in [0.15, 0.2) is 95.4 Å². The number of oxazole rings is 1. The van der Waals surface area contributed by atoms with Gasteiger partial charge in [-0.1, -0.05) is 56.3 Å².